The Morgan fingerprint density at radius 3 is 2.83 bits per heavy atom. The van der Waals surface area contributed by atoms with Gasteiger partial charge in [0.2, 0.25) is 0 Å². The zero-order valence-electron chi connectivity index (χ0n) is 10.0. The largest absolute Gasteiger partial charge is 0.322 e. The van der Waals surface area contributed by atoms with Crippen molar-refractivity contribution in [2.75, 3.05) is 0 Å². The number of benzene rings is 1. The van der Waals surface area contributed by atoms with Gasteiger partial charge in [-0.15, -0.1) is 0 Å². The summed E-state index contributed by atoms with van der Waals surface area (Å²) in [5, 5.41) is 5.19. The first-order valence-electron chi connectivity index (χ1n) is 6.28. The van der Waals surface area contributed by atoms with E-state index in [1.54, 1.807) is 0 Å². The molecule has 0 bridgehead atoms. The Kier molecular flexibility index (Phi) is 1.95. The minimum absolute atomic E-state index is 1.03. The molecule has 2 aliphatic rings. The summed E-state index contributed by atoms with van der Waals surface area (Å²) in [6, 6.07) is 8.49. The van der Waals surface area contributed by atoms with Gasteiger partial charge in [-0.05, 0) is 28.5 Å². The van der Waals surface area contributed by atoms with E-state index in [2.05, 4.69) is 71.6 Å². The van der Waals surface area contributed by atoms with Gasteiger partial charge in [0.25, 0.3) is 0 Å². The molecule has 2 aromatic rings. The lowest BCUT2D eigenvalue weighted by Crippen LogP contribution is -2.29. The number of hydrogen-bond donors (Lipinski definition) is 0. The van der Waals surface area contributed by atoms with Gasteiger partial charge in [0.1, 0.15) is 0 Å². The number of rotatable bonds is 0. The van der Waals surface area contributed by atoms with Crippen molar-refractivity contribution in [3.63, 3.8) is 0 Å². The fourth-order valence-electron chi connectivity index (χ4n) is 2.69. The number of allylic oxidation sites excluding steroid dienone is 1. The van der Waals surface area contributed by atoms with Crippen molar-refractivity contribution in [2.24, 2.45) is 0 Å². The zero-order valence-corrected chi connectivity index (χ0v) is 10.0. The molecule has 0 amide bonds. The second-order valence-corrected chi connectivity index (χ2v) is 4.72. The summed E-state index contributed by atoms with van der Waals surface area (Å²) in [5.41, 5.74) is 1.32. The van der Waals surface area contributed by atoms with Crippen LogP contribution in [-0.4, -0.2) is 4.57 Å². The first-order valence-corrected chi connectivity index (χ1v) is 6.28. The van der Waals surface area contributed by atoms with Crippen molar-refractivity contribution in [1.29, 1.82) is 0 Å². The van der Waals surface area contributed by atoms with Crippen LogP contribution in [0.5, 0.6) is 0 Å². The number of fused-ring (bicyclic) bond motifs is 4. The normalized spacial score (nSPS) is 14.9. The standard InChI is InChI=1S/C17H13N/c1-2-6-14-11-18-12-15-7-3-4-8-16(15)17(18)10-9-13(14)5-1/h1-3,5-12H,4H2. The fraction of sp³-hybridized carbons (Fsp3) is 0.0588. The summed E-state index contributed by atoms with van der Waals surface area (Å²) < 4.78 is 2.24. The molecular formula is C17H13N. The van der Waals surface area contributed by atoms with E-state index >= 15 is 0 Å². The van der Waals surface area contributed by atoms with Crippen molar-refractivity contribution >= 4 is 30.5 Å². The first kappa shape index (κ1) is 9.72. The Morgan fingerprint density at radius 1 is 1.00 bits per heavy atom. The van der Waals surface area contributed by atoms with Crippen molar-refractivity contribution < 1.29 is 0 Å². The van der Waals surface area contributed by atoms with Crippen molar-refractivity contribution in [3.05, 3.63) is 63.1 Å². The predicted molar refractivity (Wildman–Crippen MR) is 76.3 cm³/mol. The average molecular weight is 231 g/mol. The molecule has 0 radical (unpaired) electrons. The highest BCUT2D eigenvalue weighted by molar-refractivity contribution is 5.66. The predicted octanol–water partition coefficient (Wildman–Crippen LogP) is 0.546. The molecule has 86 valence electrons. The van der Waals surface area contributed by atoms with Crippen LogP contribution in [0.1, 0.15) is 12.0 Å². The molecule has 0 spiro atoms. The quantitative estimate of drug-likeness (QED) is 0.624. The molecule has 0 saturated heterocycles. The van der Waals surface area contributed by atoms with Gasteiger partial charge in [0, 0.05) is 17.6 Å². The van der Waals surface area contributed by atoms with Gasteiger partial charge in [-0.25, -0.2) is 0 Å². The molecular weight excluding hydrogens is 218 g/mol. The van der Waals surface area contributed by atoms with Gasteiger partial charge in [-0.3, -0.25) is 0 Å². The second-order valence-electron chi connectivity index (χ2n) is 4.72. The maximum Gasteiger partial charge on any atom is 0.0525 e. The Labute approximate surface area is 105 Å². The molecule has 1 aromatic heterocycles. The molecule has 18 heavy (non-hydrogen) atoms. The van der Waals surface area contributed by atoms with Crippen LogP contribution < -0.4 is 21.0 Å². The topological polar surface area (TPSA) is 4.93 Å². The monoisotopic (exact) mass is 231 g/mol. The van der Waals surface area contributed by atoms with Gasteiger partial charge >= 0.3 is 0 Å². The van der Waals surface area contributed by atoms with E-state index in [0.717, 1.165) is 6.42 Å². The van der Waals surface area contributed by atoms with Gasteiger partial charge in [-0.1, -0.05) is 48.6 Å². The number of nitrogens with zero attached hydrogens (tertiary/aromatic N) is 1. The van der Waals surface area contributed by atoms with E-state index in [1.165, 1.54) is 26.6 Å². The van der Waals surface area contributed by atoms with Gasteiger partial charge in [0.15, 0.2) is 0 Å². The van der Waals surface area contributed by atoms with Crippen LogP contribution in [0.4, 0.5) is 0 Å². The van der Waals surface area contributed by atoms with E-state index in [9.17, 15) is 0 Å². The lowest BCUT2D eigenvalue weighted by molar-refractivity contribution is 1.10. The van der Waals surface area contributed by atoms with Crippen LogP contribution in [0.2, 0.25) is 0 Å². The molecule has 1 aliphatic heterocycles. The Bertz CT molecular complexity index is 892. The summed E-state index contributed by atoms with van der Waals surface area (Å²) in [7, 11) is 0. The number of aromatic nitrogens is 1. The van der Waals surface area contributed by atoms with Gasteiger partial charge < -0.3 is 4.57 Å². The minimum Gasteiger partial charge on any atom is -0.322 e. The summed E-state index contributed by atoms with van der Waals surface area (Å²) in [4.78, 5) is 0. The van der Waals surface area contributed by atoms with Gasteiger partial charge in [-0.2, -0.15) is 0 Å². The molecule has 1 heteroatoms. The third-order valence-corrected chi connectivity index (χ3v) is 3.59. The molecule has 0 fully saturated rings. The van der Waals surface area contributed by atoms with Crippen LogP contribution in [0, 0.1) is 0 Å². The molecule has 0 unspecified atom stereocenters. The Hall–Kier alpha value is -2.28. The second kappa shape index (κ2) is 3.61. The van der Waals surface area contributed by atoms with Crippen LogP contribution in [0.25, 0.3) is 30.5 Å². The lowest BCUT2D eigenvalue weighted by Gasteiger charge is -1.92. The van der Waals surface area contributed by atoms with Gasteiger partial charge in [0.05, 0.1) is 5.35 Å². The van der Waals surface area contributed by atoms with Crippen LogP contribution in [0.15, 0.2) is 36.5 Å². The molecule has 0 atom stereocenters. The van der Waals surface area contributed by atoms with Crippen LogP contribution in [-0.2, 0) is 0 Å². The van der Waals surface area contributed by atoms with E-state index in [4.69, 9.17) is 0 Å². The summed E-state index contributed by atoms with van der Waals surface area (Å²) >= 11 is 0. The molecule has 1 nitrogen and oxygen atoms in total. The first-order chi connectivity index (χ1) is 8.92. The third-order valence-electron chi connectivity index (χ3n) is 3.59. The van der Waals surface area contributed by atoms with E-state index in [0.29, 0.717) is 0 Å². The minimum atomic E-state index is 1.03. The molecule has 1 aliphatic carbocycles. The molecule has 1 aromatic carbocycles. The molecule has 2 heterocycles. The van der Waals surface area contributed by atoms with Crippen LogP contribution >= 0.6 is 0 Å². The zero-order chi connectivity index (χ0) is 11.9. The highest BCUT2D eigenvalue weighted by Crippen LogP contribution is 2.02. The maximum absolute atomic E-state index is 2.30. The fourth-order valence-corrected chi connectivity index (χ4v) is 2.69. The highest BCUT2D eigenvalue weighted by Gasteiger charge is 2.04. The maximum atomic E-state index is 2.30. The summed E-state index contributed by atoms with van der Waals surface area (Å²) in [6.07, 6.45) is 16.6. The molecule has 0 saturated carbocycles. The van der Waals surface area contributed by atoms with E-state index in [-0.39, 0.29) is 0 Å². The Balaban J connectivity index is 2.17. The smallest absolute Gasteiger partial charge is 0.0525 e. The lowest BCUT2D eigenvalue weighted by atomic mass is 10.1. The molecule has 0 N–H and O–H groups in total. The van der Waals surface area contributed by atoms with E-state index < -0.39 is 0 Å². The van der Waals surface area contributed by atoms with E-state index in [1.807, 2.05) is 0 Å². The molecule has 4 rings (SSSR count). The average Bonchev–Trinajstić information content (AvgIpc) is 2.65. The third kappa shape index (κ3) is 1.34. The summed E-state index contributed by atoms with van der Waals surface area (Å²) in [6.45, 7) is 0. The highest BCUT2D eigenvalue weighted by atomic mass is 14.9. The summed E-state index contributed by atoms with van der Waals surface area (Å²) in [5.74, 6) is 0. The SMILES string of the molecule is C1=Cc2cn3c(c2=CC1)=CC=c1ccccc1=C3. The van der Waals surface area contributed by atoms with Crippen LogP contribution in [0.3, 0.4) is 0 Å². The van der Waals surface area contributed by atoms with Crippen molar-refractivity contribution in [1.82, 2.24) is 4.57 Å². The Morgan fingerprint density at radius 2 is 1.89 bits per heavy atom. The van der Waals surface area contributed by atoms with Crippen molar-refractivity contribution in [2.45, 2.75) is 6.42 Å². The van der Waals surface area contributed by atoms with Crippen molar-refractivity contribution in [3.8, 4) is 0 Å². The number of hydrogen-bond acceptors (Lipinski definition) is 0.